The Kier molecular flexibility index (Phi) is 4.67. The molecular formula is C11H13N3O4. The number of nitrogens with one attached hydrogen (secondary N) is 2. The summed E-state index contributed by atoms with van der Waals surface area (Å²) in [5.41, 5.74) is 6.37. The summed E-state index contributed by atoms with van der Waals surface area (Å²) < 4.78 is 0. The molecule has 0 aliphatic carbocycles. The lowest BCUT2D eigenvalue weighted by Crippen LogP contribution is -2.39. The molecule has 1 aromatic rings. The third-order valence-corrected chi connectivity index (χ3v) is 2.02. The second kappa shape index (κ2) is 6.24. The Labute approximate surface area is 103 Å². The third kappa shape index (κ3) is 4.52. The van der Waals surface area contributed by atoms with E-state index in [1.54, 1.807) is 12.1 Å². The van der Waals surface area contributed by atoms with Gasteiger partial charge in [-0.05, 0) is 24.3 Å². The molecule has 0 atom stereocenters. The molecule has 0 unspecified atom stereocenters. The molecule has 1 aromatic carbocycles. The van der Waals surface area contributed by atoms with Gasteiger partial charge < -0.3 is 21.5 Å². The minimum Gasteiger partial charge on any atom is -0.480 e. The van der Waals surface area contributed by atoms with Gasteiger partial charge in [0.2, 0.25) is 5.91 Å². The molecule has 0 saturated heterocycles. The molecule has 18 heavy (non-hydrogen) atoms. The maximum atomic E-state index is 11.6. The molecule has 0 radical (unpaired) electrons. The van der Waals surface area contributed by atoms with Crippen molar-refractivity contribution >= 4 is 23.5 Å². The van der Waals surface area contributed by atoms with Crippen LogP contribution in [-0.4, -0.2) is 36.0 Å². The summed E-state index contributed by atoms with van der Waals surface area (Å²) in [5, 5.41) is 12.8. The number of aliphatic carboxylic acids is 1. The van der Waals surface area contributed by atoms with Crippen molar-refractivity contribution in [2.24, 2.45) is 0 Å². The number of carbonyl (C=O) groups is 3. The van der Waals surface area contributed by atoms with E-state index >= 15 is 0 Å². The second-order valence-electron chi connectivity index (χ2n) is 3.48. The van der Waals surface area contributed by atoms with E-state index in [9.17, 15) is 14.4 Å². The number of hydrogen-bond acceptors (Lipinski definition) is 4. The van der Waals surface area contributed by atoms with E-state index in [0.29, 0.717) is 11.3 Å². The van der Waals surface area contributed by atoms with Crippen LogP contribution >= 0.6 is 0 Å². The molecule has 1 rings (SSSR count). The van der Waals surface area contributed by atoms with Gasteiger partial charge >= 0.3 is 5.97 Å². The van der Waals surface area contributed by atoms with Crippen LogP contribution in [-0.2, 0) is 9.59 Å². The van der Waals surface area contributed by atoms with Gasteiger partial charge in [-0.25, -0.2) is 0 Å². The highest BCUT2D eigenvalue weighted by molar-refractivity contribution is 5.96. The van der Waals surface area contributed by atoms with Gasteiger partial charge in [0.05, 0.1) is 6.54 Å². The number of carbonyl (C=O) groups excluding carboxylic acids is 2. The molecule has 2 amide bonds. The van der Waals surface area contributed by atoms with Gasteiger partial charge in [-0.1, -0.05) is 0 Å². The first-order valence-electron chi connectivity index (χ1n) is 5.11. The van der Waals surface area contributed by atoms with Crippen molar-refractivity contribution in [3.63, 3.8) is 0 Å². The van der Waals surface area contributed by atoms with Crippen molar-refractivity contribution in [2.45, 2.75) is 0 Å². The number of nitrogens with two attached hydrogens (primary N) is 1. The third-order valence-electron chi connectivity index (χ3n) is 2.02. The fraction of sp³-hybridized carbons (Fsp3) is 0.182. The number of benzene rings is 1. The quantitative estimate of drug-likeness (QED) is 0.510. The molecule has 0 spiro atoms. The van der Waals surface area contributed by atoms with E-state index in [-0.39, 0.29) is 6.54 Å². The zero-order chi connectivity index (χ0) is 13.5. The first kappa shape index (κ1) is 13.5. The molecule has 0 heterocycles. The molecule has 5 N–H and O–H groups in total. The first-order valence-corrected chi connectivity index (χ1v) is 5.11. The van der Waals surface area contributed by atoms with Crippen LogP contribution in [0.1, 0.15) is 10.4 Å². The highest BCUT2D eigenvalue weighted by Gasteiger charge is 2.08. The van der Waals surface area contributed by atoms with Gasteiger partial charge in [-0.15, -0.1) is 0 Å². The predicted octanol–water partition coefficient (Wildman–Crippen LogP) is -0.801. The average molecular weight is 251 g/mol. The molecule has 0 fully saturated rings. The van der Waals surface area contributed by atoms with Crippen LogP contribution in [0.4, 0.5) is 5.69 Å². The van der Waals surface area contributed by atoms with Crippen LogP contribution in [0.15, 0.2) is 24.3 Å². The normalized spacial score (nSPS) is 9.56. The van der Waals surface area contributed by atoms with Gasteiger partial charge in [-0.3, -0.25) is 14.4 Å². The van der Waals surface area contributed by atoms with Crippen LogP contribution in [0.5, 0.6) is 0 Å². The van der Waals surface area contributed by atoms with Crippen molar-refractivity contribution < 1.29 is 19.5 Å². The topological polar surface area (TPSA) is 122 Å². The Bertz CT molecular complexity index is 456. The number of anilines is 1. The molecule has 0 saturated carbocycles. The molecule has 0 bridgehead atoms. The van der Waals surface area contributed by atoms with Gasteiger partial charge in [0, 0.05) is 11.3 Å². The number of carboxylic acid groups (broad SMARTS) is 1. The predicted molar refractivity (Wildman–Crippen MR) is 63.8 cm³/mol. The Hall–Kier alpha value is -2.57. The van der Waals surface area contributed by atoms with Crippen LogP contribution in [0.25, 0.3) is 0 Å². The Morgan fingerprint density at radius 3 is 2.22 bits per heavy atom. The summed E-state index contributed by atoms with van der Waals surface area (Å²) in [6.45, 7) is -0.757. The van der Waals surface area contributed by atoms with E-state index in [0.717, 1.165) is 0 Å². The second-order valence-corrected chi connectivity index (χ2v) is 3.48. The van der Waals surface area contributed by atoms with E-state index in [2.05, 4.69) is 10.6 Å². The molecule has 0 aromatic heterocycles. The fourth-order valence-electron chi connectivity index (χ4n) is 1.13. The summed E-state index contributed by atoms with van der Waals surface area (Å²) >= 11 is 0. The summed E-state index contributed by atoms with van der Waals surface area (Å²) in [7, 11) is 0. The zero-order valence-electron chi connectivity index (χ0n) is 9.47. The van der Waals surface area contributed by atoms with Gasteiger partial charge in [0.25, 0.3) is 5.91 Å². The van der Waals surface area contributed by atoms with E-state index in [4.69, 9.17) is 10.8 Å². The van der Waals surface area contributed by atoms with Crippen molar-refractivity contribution in [3.05, 3.63) is 29.8 Å². The van der Waals surface area contributed by atoms with Crippen molar-refractivity contribution in [1.82, 2.24) is 10.6 Å². The van der Waals surface area contributed by atoms with Crippen molar-refractivity contribution in [1.29, 1.82) is 0 Å². The summed E-state index contributed by atoms with van der Waals surface area (Å²) in [4.78, 5) is 32.9. The number of carboxylic acids is 1. The van der Waals surface area contributed by atoms with E-state index in [1.807, 2.05) is 0 Å². The SMILES string of the molecule is Nc1ccc(C(=O)NCC(=O)NCC(=O)O)cc1. The number of nitrogen functional groups attached to an aromatic ring is 1. The van der Waals surface area contributed by atoms with Crippen LogP contribution in [0.3, 0.4) is 0 Å². The average Bonchev–Trinajstić information content (AvgIpc) is 2.34. The molecule has 7 nitrogen and oxygen atoms in total. The highest BCUT2D eigenvalue weighted by atomic mass is 16.4. The lowest BCUT2D eigenvalue weighted by molar-refractivity contribution is -0.137. The minimum atomic E-state index is -1.15. The summed E-state index contributed by atoms with van der Waals surface area (Å²) in [5.74, 6) is -2.14. The Balaban J connectivity index is 2.39. The molecule has 0 aliphatic rings. The minimum absolute atomic E-state index is 0.281. The maximum absolute atomic E-state index is 11.6. The maximum Gasteiger partial charge on any atom is 0.322 e. The van der Waals surface area contributed by atoms with Crippen LogP contribution in [0, 0.1) is 0 Å². The Morgan fingerprint density at radius 2 is 1.67 bits per heavy atom. The fourth-order valence-corrected chi connectivity index (χ4v) is 1.13. The van der Waals surface area contributed by atoms with Crippen LogP contribution < -0.4 is 16.4 Å². The van der Waals surface area contributed by atoms with Gasteiger partial charge in [0.15, 0.2) is 0 Å². The highest BCUT2D eigenvalue weighted by Crippen LogP contribution is 2.04. The van der Waals surface area contributed by atoms with E-state index in [1.165, 1.54) is 12.1 Å². The lowest BCUT2D eigenvalue weighted by Gasteiger charge is -2.05. The Morgan fingerprint density at radius 1 is 1.06 bits per heavy atom. The van der Waals surface area contributed by atoms with Crippen molar-refractivity contribution in [2.75, 3.05) is 18.8 Å². The first-order chi connectivity index (χ1) is 8.49. The smallest absolute Gasteiger partial charge is 0.322 e. The van der Waals surface area contributed by atoms with E-state index < -0.39 is 24.3 Å². The molecule has 96 valence electrons. The molecular weight excluding hydrogens is 238 g/mol. The molecule has 0 aliphatic heterocycles. The van der Waals surface area contributed by atoms with Gasteiger partial charge in [-0.2, -0.15) is 0 Å². The number of hydrogen-bond donors (Lipinski definition) is 4. The van der Waals surface area contributed by atoms with Crippen LogP contribution in [0.2, 0.25) is 0 Å². The zero-order valence-corrected chi connectivity index (χ0v) is 9.47. The van der Waals surface area contributed by atoms with Crippen molar-refractivity contribution in [3.8, 4) is 0 Å². The van der Waals surface area contributed by atoms with Gasteiger partial charge in [0.1, 0.15) is 6.54 Å². The number of amides is 2. The molecule has 7 heteroatoms. The standard InChI is InChI=1S/C11H13N3O4/c12-8-3-1-7(2-4-8)11(18)14-5-9(15)13-6-10(16)17/h1-4H,5-6,12H2,(H,13,15)(H,14,18)(H,16,17). The number of rotatable bonds is 5. The summed E-state index contributed by atoms with van der Waals surface area (Å²) in [6.07, 6.45) is 0. The largest absolute Gasteiger partial charge is 0.480 e. The monoisotopic (exact) mass is 251 g/mol. The lowest BCUT2D eigenvalue weighted by atomic mass is 10.2. The summed E-state index contributed by atoms with van der Waals surface area (Å²) in [6, 6.07) is 6.19.